The Morgan fingerprint density at radius 2 is 2.05 bits per heavy atom. The van der Waals surface area contributed by atoms with Crippen LogP contribution in [0.25, 0.3) is 0 Å². The molecule has 1 unspecified atom stereocenters. The smallest absolute Gasteiger partial charge is 0.143 e. The van der Waals surface area contributed by atoms with E-state index in [9.17, 15) is 9.90 Å². The number of nitrogens with one attached hydrogen (secondary N) is 1. The highest BCUT2D eigenvalue weighted by atomic mass is 16.3. The van der Waals surface area contributed by atoms with Gasteiger partial charge in [-0.3, -0.25) is 4.79 Å². The lowest BCUT2D eigenvalue weighted by atomic mass is 9.71. The summed E-state index contributed by atoms with van der Waals surface area (Å²) < 4.78 is 0. The molecule has 1 aliphatic rings. The molecule has 0 amide bonds. The van der Waals surface area contributed by atoms with E-state index in [1.807, 2.05) is 12.1 Å². The Kier molecular flexibility index (Phi) is 4.25. The maximum absolute atomic E-state index is 12.5. The summed E-state index contributed by atoms with van der Waals surface area (Å²) in [5.41, 5.74) is 0.685. The van der Waals surface area contributed by atoms with Gasteiger partial charge in [0.15, 0.2) is 0 Å². The Bertz CT molecular complexity index is 431. The first kappa shape index (κ1) is 14.1. The Hall–Kier alpha value is -1.35. The number of carbonyl (C=O) groups excluding carboxylic acids is 1. The maximum atomic E-state index is 12.5. The lowest BCUT2D eigenvalue weighted by molar-refractivity contribution is -0.129. The number of hydrogen-bond donors (Lipinski definition) is 2. The average molecular weight is 261 g/mol. The van der Waals surface area contributed by atoms with Crippen molar-refractivity contribution >= 4 is 5.78 Å². The van der Waals surface area contributed by atoms with Crippen molar-refractivity contribution in [2.24, 2.45) is 11.3 Å². The van der Waals surface area contributed by atoms with E-state index in [2.05, 4.69) is 19.2 Å². The van der Waals surface area contributed by atoms with E-state index < -0.39 is 0 Å². The quantitative estimate of drug-likeness (QED) is 0.875. The second-order valence-electron chi connectivity index (χ2n) is 6.03. The minimum absolute atomic E-state index is 0.243. The molecular weight excluding hydrogens is 238 g/mol. The van der Waals surface area contributed by atoms with Crippen LogP contribution in [0.2, 0.25) is 0 Å². The van der Waals surface area contributed by atoms with Crippen molar-refractivity contribution in [1.29, 1.82) is 0 Å². The summed E-state index contributed by atoms with van der Waals surface area (Å²) in [6.45, 7) is 6.13. The summed E-state index contributed by atoms with van der Waals surface area (Å²) in [4.78, 5) is 12.5. The summed E-state index contributed by atoms with van der Waals surface area (Å²) in [5.74, 6) is 0.949. The van der Waals surface area contributed by atoms with Gasteiger partial charge in [0.2, 0.25) is 0 Å². The van der Waals surface area contributed by atoms with Gasteiger partial charge >= 0.3 is 0 Å². The Morgan fingerprint density at radius 1 is 1.37 bits per heavy atom. The zero-order valence-electron chi connectivity index (χ0n) is 11.8. The highest BCUT2D eigenvalue weighted by molar-refractivity contribution is 5.86. The van der Waals surface area contributed by atoms with E-state index in [1.165, 1.54) is 0 Å². The predicted molar refractivity (Wildman–Crippen MR) is 76.2 cm³/mol. The zero-order valence-corrected chi connectivity index (χ0v) is 11.8. The number of benzene rings is 1. The fraction of sp³-hybridized carbons (Fsp3) is 0.562. The number of aromatic hydroxyl groups is 1. The maximum Gasteiger partial charge on any atom is 0.143 e. The van der Waals surface area contributed by atoms with Crippen LogP contribution in [-0.2, 0) is 11.2 Å². The van der Waals surface area contributed by atoms with Gasteiger partial charge < -0.3 is 10.4 Å². The summed E-state index contributed by atoms with van der Waals surface area (Å²) in [7, 11) is 0. The number of Topliss-reactive ketones (excluding diaryl/α,β-unsaturated/α-hetero) is 1. The molecule has 1 aliphatic heterocycles. The molecule has 2 N–H and O–H groups in total. The van der Waals surface area contributed by atoms with Crippen LogP contribution in [0.4, 0.5) is 0 Å². The third kappa shape index (κ3) is 3.35. The van der Waals surface area contributed by atoms with Crippen LogP contribution in [-0.4, -0.2) is 24.0 Å². The van der Waals surface area contributed by atoms with Gasteiger partial charge in [-0.1, -0.05) is 26.0 Å². The molecule has 0 saturated carbocycles. The molecule has 1 aromatic rings. The zero-order chi connectivity index (χ0) is 13.9. The van der Waals surface area contributed by atoms with E-state index in [0.29, 0.717) is 12.3 Å². The third-order valence-corrected chi connectivity index (χ3v) is 4.34. The largest absolute Gasteiger partial charge is 0.508 e. The topological polar surface area (TPSA) is 49.3 Å². The first-order valence-electron chi connectivity index (χ1n) is 7.02. The third-order valence-electron chi connectivity index (χ3n) is 4.34. The normalized spacial score (nSPS) is 20.2. The number of piperidine rings is 1. The SMILES string of the molecule is CC(C)(C(=O)Cc1ccc(O)cc1)C1CCCNC1. The van der Waals surface area contributed by atoms with Gasteiger partial charge in [-0.25, -0.2) is 0 Å². The van der Waals surface area contributed by atoms with E-state index >= 15 is 0 Å². The number of rotatable bonds is 4. The van der Waals surface area contributed by atoms with Crippen LogP contribution in [0.15, 0.2) is 24.3 Å². The molecule has 1 heterocycles. The molecule has 0 aliphatic carbocycles. The molecular formula is C16H23NO2. The molecule has 1 saturated heterocycles. The van der Waals surface area contributed by atoms with Crippen molar-refractivity contribution in [2.75, 3.05) is 13.1 Å². The fourth-order valence-electron chi connectivity index (χ4n) is 2.72. The number of phenols is 1. The van der Waals surface area contributed by atoms with Crippen LogP contribution in [0.5, 0.6) is 5.75 Å². The fourth-order valence-corrected chi connectivity index (χ4v) is 2.72. The lowest BCUT2D eigenvalue weighted by Gasteiger charge is -2.36. The van der Waals surface area contributed by atoms with Crippen LogP contribution in [0, 0.1) is 11.3 Å². The summed E-state index contributed by atoms with van der Waals surface area (Å²) in [6, 6.07) is 6.92. The highest BCUT2D eigenvalue weighted by Crippen LogP contribution is 2.33. The van der Waals surface area contributed by atoms with Gasteiger partial charge in [0.1, 0.15) is 11.5 Å². The molecule has 2 rings (SSSR count). The number of ketones is 1. The van der Waals surface area contributed by atoms with Crippen molar-refractivity contribution < 1.29 is 9.90 Å². The number of hydrogen-bond acceptors (Lipinski definition) is 3. The van der Waals surface area contributed by atoms with Crippen LogP contribution in [0.3, 0.4) is 0 Å². The Balaban J connectivity index is 2.03. The first-order valence-corrected chi connectivity index (χ1v) is 7.02. The summed E-state index contributed by atoms with van der Waals surface area (Å²) in [5, 5.41) is 12.6. The standard InChI is InChI=1S/C16H23NO2/c1-16(2,13-4-3-9-17-11-13)15(19)10-12-5-7-14(18)8-6-12/h5-8,13,17-18H,3-4,9-11H2,1-2H3. The minimum atomic E-state index is -0.286. The Morgan fingerprint density at radius 3 is 2.63 bits per heavy atom. The minimum Gasteiger partial charge on any atom is -0.508 e. The molecule has 0 radical (unpaired) electrons. The van der Waals surface area contributed by atoms with Gasteiger partial charge in [-0.15, -0.1) is 0 Å². The molecule has 0 spiro atoms. The molecule has 1 atom stereocenters. The van der Waals surface area contributed by atoms with Crippen molar-refractivity contribution in [3.8, 4) is 5.75 Å². The van der Waals surface area contributed by atoms with Gasteiger partial charge in [-0.05, 0) is 49.5 Å². The summed E-state index contributed by atoms with van der Waals surface area (Å²) >= 11 is 0. The predicted octanol–water partition coefficient (Wildman–Crippen LogP) is 2.53. The Labute approximate surface area is 115 Å². The lowest BCUT2D eigenvalue weighted by Crippen LogP contribution is -2.43. The van der Waals surface area contributed by atoms with Crippen molar-refractivity contribution in [3.63, 3.8) is 0 Å². The second-order valence-corrected chi connectivity index (χ2v) is 6.03. The molecule has 104 valence electrons. The number of carbonyl (C=O) groups is 1. The van der Waals surface area contributed by atoms with Crippen molar-refractivity contribution in [1.82, 2.24) is 5.32 Å². The highest BCUT2D eigenvalue weighted by Gasteiger charge is 2.36. The monoisotopic (exact) mass is 261 g/mol. The van der Waals surface area contributed by atoms with Crippen molar-refractivity contribution in [3.05, 3.63) is 29.8 Å². The summed E-state index contributed by atoms with van der Waals surface area (Å²) in [6.07, 6.45) is 2.73. The van der Waals surface area contributed by atoms with Crippen LogP contribution < -0.4 is 5.32 Å². The van der Waals surface area contributed by atoms with Gasteiger partial charge in [0.25, 0.3) is 0 Å². The molecule has 0 aromatic heterocycles. The molecule has 0 bridgehead atoms. The van der Waals surface area contributed by atoms with Gasteiger partial charge in [0.05, 0.1) is 0 Å². The molecule has 3 nitrogen and oxygen atoms in total. The second kappa shape index (κ2) is 5.74. The van der Waals surface area contributed by atoms with E-state index in [0.717, 1.165) is 31.5 Å². The van der Waals surface area contributed by atoms with E-state index in [4.69, 9.17) is 0 Å². The van der Waals surface area contributed by atoms with Crippen molar-refractivity contribution in [2.45, 2.75) is 33.1 Å². The first-order chi connectivity index (χ1) is 9.00. The van der Waals surface area contributed by atoms with Gasteiger partial charge in [-0.2, -0.15) is 0 Å². The van der Waals surface area contributed by atoms with E-state index in [1.54, 1.807) is 12.1 Å². The van der Waals surface area contributed by atoms with Crippen LogP contribution >= 0.6 is 0 Å². The van der Waals surface area contributed by atoms with Gasteiger partial charge in [0, 0.05) is 11.8 Å². The average Bonchev–Trinajstić information content (AvgIpc) is 2.42. The molecule has 3 heteroatoms. The number of phenolic OH excluding ortho intramolecular Hbond substituents is 1. The molecule has 19 heavy (non-hydrogen) atoms. The van der Waals surface area contributed by atoms with E-state index in [-0.39, 0.29) is 16.9 Å². The van der Waals surface area contributed by atoms with Crippen LogP contribution in [0.1, 0.15) is 32.3 Å². The molecule has 1 fully saturated rings. The molecule has 1 aromatic carbocycles.